The van der Waals surface area contributed by atoms with E-state index in [0.29, 0.717) is 35.9 Å². The van der Waals surface area contributed by atoms with Crippen molar-refractivity contribution in [3.8, 4) is 5.75 Å². The standard InChI is InChI=1S/C23H28ClN3O4.ClH/c1-27-14-25-21(26-27)12-17-19(28)13-23(31-22(17)29,16-5-3-4-6-16)10-9-15-7-8-20(30-2)18(24)11-15;/h7-8,11,14,16,28H,3-6,9-10,12-13H2,1-2H3;1H. The predicted molar refractivity (Wildman–Crippen MR) is 115 cm³/mol. The molecule has 1 aromatic heterocycles. The van der Waals surface area contributed by atoms with Crippen LogP contribution in [0.15, 0.2) is 35.9 Å². The second-order valence-electron chi connectivity index (χ2n) is 8.58. The smallest absolute Gasteiger partial charge is 0.338 e. The lowest BCUT2D eigenvalue weighted by Gasteiger charge is -2.41. The lowest BCUT2D eigenvalue weighted by atomic mass is 9.76. The van der Waals surface area contributed by atoms with Crippen molar-refractivity contribution in [2.24, 2.45) is 13.0 Å². The Morgan fingerprint density at radius 1 is 1.38 bits per heavy atom. The zero-order valence-electron chi connectivity index (χ0n) is 18.4. The highest BCUT2D eigenvalue weighted by Crippen LogP contribution is 2.46. The van der Waals surface area contributed by atoms with Gasteiger partial charge in [0.1, 0.15) is 17.1 Å². The summed E-state index contributed by atoms with van der Waals surface area (Å²) in [5.74, 6) is 1.17. The molecule has 0 radical (unpaired) electrons. The Morgan fingerprint density at radius 2 is 2.12 bits per heavy atom. The second kappa shape index (κ2) is 10.1. The molecule has 1 aliphatic carbocycles. The lowest BCUT2D eigenvalue weighted by Crippen LogP contribution is -3.00. The summed E-state index contributed by atoms with van der Waals surface area (Å²) in [6.07, 6.45) is 7.86. The molecule has 2 aliphatic rings. The fourth-order valence-corrected chi connectivity index (χ4v) is 5.16. The number of nitrogens with one attached hydrogen (secondary N) is 1. The number of aliphatic hydroxyl groups excluding tert-OH is 1. The van der Waals surface area contributed by atoms with Crippen molar-refractivity contribution in [2.75, 3.05) is 7.11 Å². The number of aromatic amines is 1. The molecule has 1 aliphatic heterocycles. The molecule has 1 saturated carbocycles. The molecule has 0 amide bonds. The first-order valence-corrected chi connectivity index (χ1v) is 11.1. The number of rotatable bonds is 7. The van der Waals surface area contributed by atoms with Gasteiger partial charge in [-0.15, -0.1) is 4.68 Å². The number of benzene rings is 1. The summed E-state index contributed by atoms with van der Waals surface area (Å²) < 4.78 is 13.0. The quantitative estimate of drug-likeness (QED) is 0.589. The third-order valence-corrected chi connectivity index (χ3v) is 6.85. The molecule has 174 valence electrons. The van der Waals surface area contributed by atoms with Crippen LogP contribution < -0.4 is 22.1 Å². The van der Waals surface area contributed by atoms with Gasteiger partial charge in [0.15, 0.2) is 0 Å². The van der Waals surface area contributed by atoms with Crippen LogP contribution in [0.5, 0.6) is 5.75 Å². The first kappa shape index (κ1) is 24.4. The van der Waals surface area contributed by atoms with Crippen molar-refractivity contribution in [1.82, 2.24) is 9.78 Å². The molecular formula is C23H29Cl2N3O4. The van der Waals surface area contributed by atoms with E-state index >= 15 is 0 Å². The summed E-state index contributed by atoms with van der Waals surface area (Å²) in [6, 6.07) is 5.73. The average Bonchev–Trinajstić information content (AvgIpc) is 3.42. The van der Waals surface area contributed by atoms with Gasteiger partial charge in [-0.3, -0.25) is 0 Å². The Hall–Kier alpha value is -2.25. The SMILES string of the molecule is COc1ccc(CCC2(C3CCCC3)CC(O)=C(Cc3nn(C)c[nH+]3)C(=O)O2)cc1Cl.[Cl-]. The second-order valence-corrected chi connectivity index (χ2v) is 8.98. The Kier molecular flexibility index (Phi) is 7.72. The monoisotopic (exact) mass is 481 g/mol. The van der Waals surface area contributed by atoms with Crippen molar-refractivity contribution in [1.29, 1.82) is 0 Å². The van der Waals surface area contributed by atoms with Crippen molar-refractivity contribution in [3.05, 3.63) is 52.3 Å². The van der Waals surface area contributed by atoms with Gasteiger partial charge in [-0.25, -0.2) is 9.78 Å². The number of esters is 1. The van der Waals surface area contributed by atoms with Crippen LogP contribution in [-0.2, 0) is 29.4 Å². The van der Waals surface area contributed by atoms with E-state index in [1.807, 2.05) is 18.2 Å². The summed E-state index contributed by atoms with van der Waals surface area (Å²) in [5, 5.41) is 15.7. The van der Waals surface area contributed by atoms with E-state index in [1.54, 1.807) is 25.2 Å². The number of halogens is 2. The minimum absolute atomic E-state index is 0. The minimum atomic E-state index is -0.693. The zero-order valence-corrected chi connectivity index (χ0v) is 19.9. The van der Waals surface area contributed by atoms with Crippen LogP contribution in [0, 0.1) is 5.92 Å². The molecule has 1 fully saturated rings. The maximum atomic E-state index is 13.0. The number of nitrogens with zero attached hydrogens (tertiary/aromatic N) is 2. The number of aromatic nitrogens is 3. The van der Waals surface area contributed by atoms with Crippen LogP contribution in [0.2, 0.25) is 5.02 Å². The third kappa shape index (κ3) is 5.04. The van der Waals surface area contributed by atoms with Crippen molar-refractivity contribution in [3.63, 3.8) is 0 Å². The van der Waals surface area contributed by atoms with Crippen LogP contribution in [0.4, 0.5) is 0 Å². The van der Waals surface area contributed by atoms with Gasteiger partial charge in [-0.1, -0.05) is 30.5 Å². The summed E-state index contributed by atoms with van der Waals surface area (Å²) in [4.78, 5) is 16.0. The van der Waals surface area contributed by atoms with Crippen molar-refractivity contribution < 1.29 is 36.8 Å². The highest BCUT2D eigenvalue weighted by atomic mass is 35.5. The number of hydrogen-bond donors (Lipinski definition) is 1. The van der Waals surface area contributed by atoms with Crippen LogP contribution in [-0.4, -0.2) is 33.6 Å². The summed E-state index contributed by atoms with van der Waals surface area (Å²) in [7, 11) is 3.39. The number of aryl methyl sites for hydroxylation is 2. The number of aliphatic hydroxyl groups is 1. The minimum Gasteiger partial charge on any atom is -1.00 e. The Balaban J connectivity index is 0.00000289. The van der Waals surface area contributed by atoms with E-state index in [-0.39, 0.29) is 36.1 Å². The fraction of sp³-hybridized carbons (Fsp3) is 0.522. The molecule has 2 heterocycles. The molecule has 2 aromatic rings. The Bertz CT molecular complexity index is 1000. The molecule has 32 heavy (non-hydrogen) atoms. The molecule has 0 bridgehead atoms. The van der Waals surface area contributed by atoms with Crippen LogP contribution in [0.3, 0.4) is 0 Å². The van der Waals surface area contributed by atoms with E-state index < -0.39 is 11.6 Å². The molecule has 9 heteroatoms. The normalized spacial score (nSPS) is 21.4. The van der Waals surface area contributed by atoms with E-state index in [2.05, 4.69) is 10.1 Å². The van der Waals surface area contributed by atoms with E-state index in [9.17, 15) is 9.90 Å². The van der Waals surface area contributed by atoms with Gasteiger partial charge in [-0.2, -0.15) is 0 Å². The Morgan fingerprint density at radius 3 is 2.72 bits per heavy atom. The fourth-order valence-electron chi connectivity index (χ4n) is 4.88. The van der Waals surface area contributed by atoms with Gasteiger partial charge >= 0.3 is 5.97 Å². The number of cyclic esters (lactones) is 1. The van der Waals surface area contributed by atoms with Gasteiger partial charge in [0.05, 0.1) is 31.2 Å². The van der Waals surface area contributed by atoms with E-state index in [4.69, 9.17) is 21.1 Å². The number of carbonyl (C=O) groups excluding carboxylic acids is 1. The van der Waals surface area contributed by atoms with Crippen LogP contribution >= 0.6 is 11.6 Å². The Labute approximate surface area is 199 Å². The third-order valence-electron chi connectivity index (χ3n) is 6.55. The summed E-state index contributed by atoms with van der Waals surface area (Å²) in [5.41, 5.74) is 0.647. The van der Waals surface area contributed by atoms with E-state index in [1.165, 1.54) is 0 Å². The van der Waals surface area contributed by atoms with Gasteiger partial charge < -0.3 is 27.0 Å². The first-order valence-electron chi connectivity index (χ1n) is 10.8. The number of methoxy groups -OCH3 is 1. The molecule has 1 aromatic carbocycles. The summed E-state index contributed by atoms with van der Waals surface area (Å²) in [6.45, 7) is 0. The predicted octanol–water partition coefficient (Wildman–Crippen LogP) is 0.764. The molecule has 4 rings (SSSR count). The maximum Gasteiger partial charge on any atom is 0.338 e. The van der Waals surface area contributed by atoms with Gasteiger partial charge in [0, 0.05) is 11.5 Å². The molecule has 1 unspecified atom stereocenters. The summed E-state index contributed by atoms with van der Waals surface area (Å²) >= 11 is 6.29. The molecule has 2 N–H and O–H groups in total. The van der Waals surface area contributed by atoms with E-state index in [0.717, 1.165) is 31.2 Å². The molecule has 7 nitrogen and oxygen atoms in total. The van der Waals surface area contributed by atoms with Crippen LogP contribution in [0.25, 0.3) is 0 Å². The van der Waals surface area contributed by atoms with Gasteiger partial charge in [0.25, 0.3) is 5.82 Å². The van der Waals surface area contributed by atoms with Crippen molar-refractivity contribution in [2.45, 2.75) is 57.0 Å². The largest absolute Gasteiger partial charge is 1.00 e. The van der Waals surface area contributed by atoms with Crippen molar-refractivity contribution >= 4 is 17.6 Å². The number of hydrogen-bond acceptors (Lipinski definition) is 5. The highest BCUT2D eigenvalue weighted by Gasteiger charge is 2.48. The zero-order chi connectivity index (χ0) is 22.0. The average molecular weight is 482 g/mol. The lowest BCUT2D eigenvalue weighted by molar-refractivity contribution is -0.390. The molecule has 0 saturated heterocycles. The van der Waals surface area contributed by atoms with Crippen LogP contribution in [0.1, 0.15) is 49.9 Å². The number of carbonyl (C=O) groups is 1. The maximum absolute atomic E-state index is 13.0. The first-order chi connectivity index (χ1) is 14.9. The highest BCUT2D eigenvalue weighted by molar-refractivity contribution is 6.32. The topological polar surface area (TPSA) is 87.7 Å². The van der Waals surface area contributed by atoms with Gasteiger partial charge in [-0.05, 0) is 49.3 Å². The van der Waals surface area contributed by atoms with Gasteiger partial charge in [0.2, 0.25) is 6.33 Å². The molecular weight excluding hydrogens is 453 g/mol. The number of H-pyrrole nitrogens is 1. The molecule has 1 atom stereocenters. The molecule has 0 spiro atoms. The number of ether oxygens (including phenoxy) is 2.